The van der Waals surface area contributed by atoms with Crippen molar-refractivity contribution in [3.63, 3.8) is 0 Å². The van der Waals surface area contributed by atoms with E-state index in [1.807, 2.05) is 18.2 Å². The number of carbonyl (C=O) groups excluding carboxylic acids is 3. The van der Waals surface area contributed by atoms with Gasteiger partial charge in [-0.15, -0.1) is 0 Å². The zero-order valence-corrected chi connectivity index (χ0v) is 15.2. The van der Waals surface area contributed by atoms with Gasteiger partial charge in [-0.05, 0) is 29.7 Å². The molecule has 8 heteroatoms. The summed E-state index contributed by atoms with van der Waals surface area (Å²) in [5, 5.41) is 5.08. The highest BCUT2D eigenvalue weighted by Crippen LogP contribution is 2.05. The summed E-state index contributed by atoms with van der Waals surface area (Å²) in [7, 11) is 0. The molecule has 0 spiro atoms. The van der Waals surface area contributed by atoms with Crippen LogP contribution in [0.3, 0.4) is 0 Å². The Kier molecular flexibility index (Phi) is 7.95. The number of benzene rings is 2. The van der Waals surface area contributed by atoms with Gasteiger partial charge in [0, 0.05) is 13.0 Å². The van der Waals surface area contributed by atoms with Crippen molar-refractivity contribution < 1.29 is 23.5 Å². The van der Waals surface area contributed by atoms with Crippen LogP contribution in [0.1, 0.15) is 24.0 Å². The molecule has 4 N–H and O–H groups in total. The van der Waals surface area contributed by atoms with Gasteiger partial charge in [0.05, 0.1) is 0 Å². The van der Waals surface area contributed by atoms with Gasteiger partial charge in [-0.1, -0.05) is 42.5 Å². The standard InChI is InChI=1S/C20H22FN3O4/c21-16-8-6-14(7-9-16)12-23-19(26)17(10-11-18(22)25)24-20(27)28-13-15-4-2-1-3-5-15/h1-9,17H,10-13H2,(H2,22,25)(H,23,26)(H,24,27)/t17-/m0/s1. The molecule has 0 heterocycles. The molecule has 0 aliphatic rings. The Hall–Kier alpha value is -3.42. The van der Waals surface area contributed by atoms with Crippen molar-refractivity contribution in [2.75, 3.05) is 0 Å². The van der Waals surface area contributed by atoms with E-state index in [4.69, 9.17) is 10.5 Å². The van der Waals surface area contributed by atoms with Crippen molar-refractivity contribution in [2.24, 2.45) is 5.73 Å². The number of primary amides is 1. The molecule has 28 heavy (non-hydrogen) atoms. The molecule has 148 valence electrons. The van der Waals surface area contributed by atoms with E-state index >= 15 is 0 Å². The first-order chi connectivity index (χ1) is 13.4. The third-order valence-corrected chi connectivity index (χ3v) is 3.88. The highest BCUT2D eigenvalue weighted by atomic mass is 19.1. The second-order valence-corrected chi connectivity index (χ2v) is 6.11. The predicted octanol–water partition coefficient (Wildman–Crippen LogP) is 2.00. The van der Waals surface area contributed by atoms with Crippen LogP contribution in [-0.4, -0.2) is 23.9 Å². The maximum Gasteiger partial charge on any atom is 0.408 e. The summed E-state index contributed by atoms with van der Waals surface area (Å²) in [5.74, 6) is -1.46. The molecule has 0 bridgehead atoms. The van der Waals surface area contributed by atoms with E-state index in [1.54, 1.807) is 12.1 Å². The van der Waals surface area contributed by atoms with E-state index in [0.29, 0.717) is 5.56 Å². The Labute approximate surface area is 162 Å². The van der Waals surface area contributed by atoms with Crippen LogP contribution in [0.4, 0.5) is 9.18 Å². The van der Waals surface area contributed by atoms with Crippen LogP contribution in [-0.2, 0) is 27.5 Å². The van der Waals surface area contributed by atoms with Gasteiger partial charge in [0.25, 0.3) is 0 Å². The number of carbonyl (C=O) groups is 3. The zero-order valence-electron chi connectivity index (χ0n) is 15.2. The molecule has 0 saturated carbocycles. The third-order valence-electron chi connectivity index (χ3n) is 3.88. The van der Waals surface area contributed by atoms with Crippen LogP contribution in [0.15, 0.2) is 54.6 Å². The molecule has 7 nitrogen and oxygen atoms in total. The van der Waals surface area contributed by atoms with Gasteiger partial charge in [0.15, 0.2) is 0 Å². The van der Waals surface area contributed by atoms with Crippen molar-refractivity contribution in [1.82, 2.24) is 10.6 Å². The smallest absolute Gasteiger partial charge is 0.408 e. The SMILES string of the molecule is NC(=O)CC[C@H](NC(=O)OCc1ccccc1)C(=O)NCc1ccc(F)cc1. The van der Waals surface area contributed by atoms with Crippen LogP contribution in [0.5, 0.6) is 0 Å². The summed E-state index contributed by atoms with van der Waals surface area (Å²) in [6, 6.07) is 13.7. The first kappa shape index (κ1) is 20.9. The van der Waals surface area contributed by atoms with Crippen LogP contribution >= 0.6 is 0 Å². The Morgan fingerprint density at radius 1 is 1.00 bits per heavy atom. The Morgan fingerprint density at radius 3 is 2.32 bits per heavy atom. The molecule has 2 aromatic rings. The van der Waals surface area contributed by atoms with E-state index < -0.39 is 23.9 Å². The second kappa shape index (κ2) is 10.7. The Bertz CT molecular complexity index is 797. The van der Waals surface area contributed by atoms with E-state index in [1.165, 1.54) is 24.3 Å². The summed E-state index contributed by atoms with van der Waals surface area (Å²) in [5.41, 5.74) is 6.62. The lowest BCUT2D eigenvalue weighted by atomic mass is 10.1. The fourth-order valence-electron chi connectivity index (χ4n) is 2.38. The fourth-order valence-corrected chi connectivity index (χ4v) is 2.38. The summed E-state index contributed by atoms with van der Waals surface area (Å²) in [6.07, 6.45) is -0.825. The fraction of sp³-hybridized carbons (Fsp3) is 0.250. The molecule has 0 saturated heterocycles. The average molecular weight is 387 g/mol. The minimum Gasteiger partial charge on any atom is -0.445 e. The molecule has 2 aromatic carbocycles. The number of alkyl carbamates (subject to hydrolysis) is 1. The molecule has 0 aliphatic carbocycles. The molecule has 2 rings (SSSR count). The molecule has 0 aliphatic heterocycles. The lowest BCUT2D eigenvalue weighted by Gasteiger charge is -2.18. The highest BCUT2D eigenvalue weighted by Gasteiger charge is 2.22. The van der Waals surface area contributed by atoms with Crippen molar-refractivity contribution >= 4 is 17.9 Å². The van der Waals surface area contributed by atoms with E-state index in [9.17, 15) is 18.8 Å². The van der Waals surface area contributed by atoms with E-state index in [0.717, 1.165) is 5.56 Å². The minimum absolute atomic E-state index is 0.0328. The maximum absolute atomic E-state index is 12.9. The molecule has 0 aromatic heterocycles. The van der Waals surface area contributed by atoms with Crippen LogP contribution < -0.4 is 16.4 Å². The minimum atomic E-state index is -0.990. The zero-order chi connectivity index (χ0) is 20.4. The quantitative estimate of drug-likeness (QED) is 0.611. The van der Waals surface area contributed by atoms with Gasteiger partial charge in [-0.25, -0.2) is 9.18 Å². The molecule has 0 unspecified atom stereocenters. The van der Waals surface area contributed by atoms with Gasteiger partial charge >= 0.3 is 6.09 Å². The molecule has 1 atom stereocenters. The lowest BCUT2D eigenvalue weighted by molar-refractivity contribution is -0.123. The number of hydrogen-bond donors (Lipinski definition) is 3. The van der Waals surface area contributed by atoms with Gasteiger partial charge in [-0.2, -0.15) is 0 Å². The Balaban J connectivity index is 1.89. The number of hydrogen-bond acceptors (Lipinski definition) is 4. The third kappa shape index (κ3) is 7.45. The van der Waals surface area contributed by atoms with E-state index in [-0.39, 0.29) is 31.8 Å². The first-order valence-electron chi connectivity index (χ1n) is 8.71. The average Bonchev–Trinajstić information content (AvgIpc) is 2.69. The first-order valence-corrected chi connectivity index (χ1v) is 8.71. The highest BCUT2D eigenvalue weighted by molar-refractivity contribution is 5.86. The summed E-state index contributed by atoms with van der Waals surface area (Å²) < 4.78 is 18.0. The van der Waals surface area contributed by atoms with Crippen LogP contribution in [0.25, 0.3) is 0 Å². The monoisotopic (exact) mass is 387 g/mol. The molecule has 0 radical (unpaired) electrons. The number of halogens is 1. The van der Waals surface area contributed by atoms with Crippen molar-refractivity contribution in [3.8, 4) is 0 Å². The summed E-state index contributed by atoms with van der Waals surface area (Å²) in [6.45, 7) is 0.194. The second-order valence-electron chi connectivity index (χ2n) is 6.11. The summed E-state index contributed by atoms with van der Waals surface area (Å²) >= 11 is 0. The number of nitrogens with two attached hydrogens (primary N) is 1. The Morgan fingerprint density at radius 2 is 1.68 bits per heavy atom. The van der Waals surface area contributed by atoms with Crippen molar-refractivity contribution in [3.05, 3.63) is 71.5 Å². The van der Waals surface area contributed by atoms with Crippen molar-refractivity contribution in [1.29, 1.82) is 0 Å². The predicted molar refractivity (Wildman–Crippen MR) is 100 cm³/mol. The van der Waals surface area contributed by atoms with Gasteiger partial charge in [0.1, 0.15) is 18.5 Å². The number of nitrogens with one attached hydrogen (secondary N) is 2. The number of ether oxygens (including phenoxy) is 1. The van der Waals surface area contributed by atoms with Crippen molar-refractivity contribution in [2.45, 2.75) is 32.0 Å². The van der Waals surface area contributed by atoms with Gasteiger partial charge in [0.2, 0.25) is 11.8 Å². The summed E-state index contributed by atoms with van der Waals surface area (Å²) in [4.78, 5) is 35.5. The maximum atomic E-state index is 12.9. The molecular formula is C20H22FN3O4. The molecule has 0 fully saturated rings. The normalized spacial score (nSPS) is 11.3. The molecular weight excluding hydrogens is 365 g/mol. The van der Waals surface area contributed by atoms with Crippen LogP contribution in [0, 0.1) is 5.82 Å². The lowest BCUT2D eigenvalue weighted by Crippen LogP contribution is -2.47. The topological polar surface area (TPSA) is 111 Å². The van der Waals surface area contributed by atoms with E-state index in [2.05, 4.69) is 10.6 Å². The number of amides is 3. The molecule has 3 amide bonds. The van der Waals surface area contributed by atoms with Crippen LogP contribution in [0.2, 0.25) is 0 Å². The number of rotatable bonds is 9. The van der Waals surface area contributed by atoms with Gasteiger partial charge < -0.3 is 21.1 Å². The largest absolute Gasteiger partial charge is 0.445 e. The van der Waals surface area contributed by atoms with Gasteiger partial charge in [-0.3, -0.25) is 9.59 Å².